The Kier molecular flexibility index (Phi) is 4.50. The second-order valence-corrected chi connectivity index (χ2v) is 5.21. The van der Waals surface area contributed by atoms with Gasteiger partial charge in [0.1, 0.15) is 5.03 Å². The molecule has 0 amide bonds. The molecule has 0 saturated heterocycles. The Morgan fingerprint density at radius 3 is 2.53 bits per heavy atom. The summed E-state index contributed by atoms with van der Waals surface area (Å²) in [6.45, 7) is 2.04. The second kappa shape index (κ2) is 6.12. The molecule has 0 aliphatic rings. The molecule has 1 unspecified atom stereocenters. The summed E-state index contributed by atoms with van der Waals surface area (Å²) < 4.78 is 25.9. The molecule has 0 radical (unpaired) electrons. The van der Waals surface area contributed by atoms with Crippen molar-refractivity contribution in [3.63, 3.8) is 0 Å². The first-order chi connectivity index (χ1) is 9.10. The van der Waals surface area contributed by atoms with E-state index in [1.165, 1.54) is 23.9 Å². The molecule has 0 bridgehead atoms. The number of nitrogens with one attached hydrogen (secondary N) is 1. The molecule has 1 heterocycles. The van der Waals surface area contributed by atoms with Crippen LogP contribution >= 0.6 is 11.8 Å². The molecule has 0 spiro atoms. The maximum absolute atomic E-state index is 13.1. The second-order valence-electron chi connectivity index (χ2n) is 4.12. The van der Waals surface area contributed by atoms with Crippen molar-refractivity contribution in [2.45, 2.75) is 22.9 Å². The maximum Gasteiger partial charge on any atom is 0.159 e. The zero-order valence-electron chi connectivity index (χ0n) is 10.7. The van der Waals surface area contributed by atoms with Gasteiger partial charge in [0.25, 0.3) is 0 Å². The Morgan fingerprint density at radius 1 is 1.16 bits per heavy atom. The smallest absolute Gasteiger partial charge is 0.159 e. The van der Waals surface area contributed by atoms with Gasteiger partial charge in [0.15, 0.2) is 11.6 Å². The number of nitrogens with zero attached hydrogens (tertiary/aromatic N) is 1. The quantitative estimate of drug-likeness (QED) is 0.922. The lowest BCUT2D eigenvalue weighted by molar-refractivity contribution is 0.506. The van der Waals surface area contributed by atoms with Gasteiger partial charge in [-0.3, -0.25) is 0 Å². The standard InChI is InChI=1S/C14H14F2N2S/c1-9(17-2)10-3-6-14(18-8-10)19-11-4-5-12(15)13(16)7-11/h3-9,17H,1-2H3. The van der Waals surface area contributed by atoms with Crippen LogP contribution in [0, 0.1) is 11.6 Å². The van der Waals surface area contributed by atoms with Gasteiger partial charge in [0, 0.05) is 17.1 Å². The summed E-state index contributed by atoms with van der Waals surface area (Å²) in [4.78, 5) is 4.93. The molecule has 0 aliphatic heterocycles. The van der Waals surface area contributed by atoms with Crippen LogP contribution in [0.25, 0.3) is 0 Å². The Morgan fingerprint density at radius 2 is 1.95 bits per heavy atom. The minimum Gasteiger partial charge on any atom is -0.313 e. The van der Waals surface area contributed by atoms with Crippen LogP contribution < -0.4 is 5.32 Å². The van der Waals surface area contributed by atoms with Gasteiger partial charge in [0.05, 0.1) is 0 Å². The Labute approximate surface area is 115 Å². The van der Waals surface area contributed by atoms with Crippen molar-refractivity contribution in [3.8, 4) is 0 Å². The van der Waals surface area contributed by atoms with Crippen molar-refractivity contribution in [2.24, 2.45) is 0 Å². The first kappa shape index (κ1) is 14.0. The molecular formula is C14H14F2N2S. The molecule has 2 aromatic rings. The largest absolute Gasteiger partial charge is 0.313 e. The molecule has 1 atom stereocenters. The molecule has 0 aliphatic carbocycles. The van der Waals surface area contributed by atoms with Gasteiger partial charge in [-0.25, -0.2) is 13.8 Å². The molecule has 5 heteroatoms. The molecule has 0 fully saturated rings. The Balaban J connectivity index is 2.12. The summed E-state index contributed by atoms with van der Waals surface area (Å²) in [5.41, 5.74) is 1.08. The zero-order valence-corrected chi connectivity index (χ0v) is 11.5. The average molecular weight is 280 g/mol. The number of hydrogen-bond acceptors (Lipinski definition) is 3. The van der Waals surface area contributed by atoms with E-state index >= 15 is 0 Å². The van der Waals surface area contributed by atoms with Crippen molar-refractivity contribution in [2.75, 3.05) is 7.05 Å². The third-order valence-electron chi connectivity index (χ3n) is 2.81. The van der Waals surface area contributed by atoms with Crippen molar-refractivity contribution < 1.29 is 8.78 Å². The van der Waals surface area contributed by atoms with E-state index in [2.05, 4.69) is 10.3 Å². The number of pyridine rings is 1. The highest BCUT2D eigenvalue weighted by Crippen LogP contribution is 2.27. The molecule has 0 saturated carbocycles. The number of rotatable bonds is 4. The average Bonchev–Trinajstić information content (AvgIpc) is 2.43. The van der Waals surface area contributed by atoms with E-state index in [0.717, 1.165) is 16.7 Å². The summed E-state index contributed by atoms with van der Waals surface area (Å²) in [5, 5.41) is 3.87. The van der Waals surface area contributed by atoms with Crippen LogP contribution in [0.5, 0.6) is 0 Å². The SMILES string of the molecule is CNC(C)c1ccc(Sc2ccc(F)c(F)c2)nc1. The summed E-state index contributed by atoms with van der Waals surface area (Å²) >= 11 is 1.30. The van der Waals surface area contributed by atoms with E-state index in [4.69, 9.17) is 0 Å². The molecule has 1 aromatic carbocycles. The van der Waals surface area contributed by atoms with E-state index in [1.54, 1.807) is 6.20 Å². The highest BCUT2D eigenvalue weighted by molar-refractivity contribution is 7.99. The maximum atomic E-state index is 13.1. The minimum absolute atomic E-state index is 0.231. The lowest BCUT2D eigenvalue weighted by Gasteiger charge is -2.10. The first-order valence-electron chi connectivity index (χ1n) is 5.86. The van der Waals surface area contributed by atoms with Gasteiger partial charge in [-0.15, -0.1) is 0 Å². The molecule has 1 N–H and O–H groups in total. The van der Waals surface area contributed by atoms with Crippen molar-refractivity contribution in [1.29, 1.82) is 0 Å². The van der Waals surface area contributed by atoms with Crippen LogP contribution in [-0.2, 0) is 0 Å². The van der Waals surface area contributed by atoms with Crippen LogP contribution in [0.2, 0.25) is 0 Å². The van der Waals surface area contributed by atoms with Crippen molar-refractivity contribution >= 4 is 11.8 Å². The van der Waals surface area contributed by atoms with Crippen molar-refractivity contribution in [3.05, 3.63) is 53.7 Å². The highest BCUT2D eigenvalue weighted by atomic mass is 32.2. The lowest BCUT2D eigenvalue weighted by atomic mass is 10.1. The zero-order chi connectivity index (χ0) is 13.8. The van der Waals surface area contributed by atoms with Gasteiger partial charge in [-0.05, 0) is 43.8 Å². The first-order valence-corrected chi connectivity index (χ1v) is 6.68. The molecule has 1 aromatic heterocycles. The van der Waals surface area contributed by atoms with Gasteiger partial charge in [-0.1, -0.05) is 17.8 Å². The lowest BCUT2D eigenvalue weighted by Crippen LogP contribution is -2.12. The highest BCUT2D eigenvalue weighted by Gasteiger charge is 2.06. The molecular weight excluding hydrogens is 266 g/mol. The fourth-order valence-corrected chi connectivity index (χ4v) is 2.32. The summed E-state index contributed by atoms with van der Waals surface area (Å²) in [6, 6.07) is 7.90. The van der Waals surface area contributed by atoms with Crippen LogP contribution in [0.1, 0.15) is 18.5 Å². The summed E-state index contributed by atoms with van der Waals surface area (Å²) in [7, 11) is 1.88. The Bertz CT molecular complexity index is 558. The van der Waals surface area contributed by atoms with Crippen molar-refractivity contribution in [1.82, 2.24) is 10.3 Å². The predicted molar refractivity (Wildman–Crippen MR) is 72.2 cm³/mol. The monoisotopic (exact) mass is 280 g/mol. The van der Waals surface area contributed by atoms with Crippen LogP contribution in [0.3, 0.4) is 0 Å². The number of halogens is 2. The summed E-state index contributed by atoms with van der Waals surface area (Å²) in [6.07, 6.45) is 1.78. The molecule has 19 heavy (non-hydrogen) atoms. The number of benzene rings is 1. The molecule has 2 rings (SSSR count). The predicted octanol–water partition coefficient (Wildman–Crippen LogP) is 3.79. The fraction of sp³-hybridized carbons (Fsp3) is 0.214. The van der Waals surface area contributed by atoms with Gasteiger partial charge in [0.2, 0.25) is 0 Å². The van der Waals surface area contributed by atoms with E-state index in [-0.39, 0.29) is 6.04 Å². The number of hydrogen-bond donors (Lipinski definition) is 1. The molecule has 2 nitrogen and oxygen atoms in total. The third-order valence-corrected chi connectivity index (χ3v) is 3.75. The number of aromatic nitrogens is 1. The third kappa shape index (κ3) is 3.52. The van der Waals surface area contributed by atoms with Gasteiger partial charge >= 0.3 is 0 Å². The van der Waals surface area contributed by atoms with Gasteiger partial charge < -0.3 is 5.32 Å². The molecule has 100 valence electrons. The fourth-order valence-electron chi connectivity index (χ4n) is 1.54. The van der Waals surface area contributed by atoms with E-state index in [0.29, 0.717) is 4.90 Å². The van der Waals surface area contributed by atoms with Crippen LogP contribution in [-0.4, -0.2) is 12.0 Å². The topological polar surface area (TPSA) is 24.9 Å². The van der Waals surface area contributed by atoms with Gasteiger partial charge in [-0.2, -0.15) is 0 Å². The van der Waals surface area contributed by atoms with E-state index in [9.17, 15) is 8.78 Å². The van der Waals surface area contributed by atoms with Crippen LogP contribution in [0.4, 0.5) is 8.78 Å². The minimum atomic E-state index is -0.842. The van der Waals surface area contributed by atoms with E-state index in [1.807, 2.05) is 26.1 Å². The normalized spacial score (nSPS) is 12.4. The summed E-state index contributed by atoms with van der Waals surface area (Å²) in [5.74, 6) is -1.68. The van der Waals surface area contributed by atoms with Crippen LogP contribution in [0.15, 0.2) is 46.5 Å². The Hall–Kier alpha value is -1.46. The van der Waals surface area contributed by atoms with E-state index < -0.39 is 11.6 Å².